The highest BCUT2D eigenvalue weighted by Crippen LogP contribution is 2.20. The van der Waals surface area contributed by atoms with Crippen LogP contribution in [0.5, 0.6) is 0 Å². The van der Waals surface area contributed by atoms with Gasteiger partial charge in [0.1, 0.15) is 6.04 Å². The molecule has 1 amide bonds. The van der Waals surface area contributed by atoms with Gasteiger partial charge in [-0.3, -0.25) is 4.79 Å². The summed E-state index contributed by atoms with van der Waals surface area (Å²) in [4.78, 5) is 11.6. The Morgan fingerprint density at radius 2 is 2.00 bits per heavy atom. The standard InChI is InChI=1S/C11H14N2O/c12-10(8-4-2-1-3-5-8)11(14)13-9-6-7-9/h1-5,9-10H,6-7,12H2,(H,13,14)/t10-/m1/s1. The topological polar surface area (TPSA) is 55.1 Å². The van der Waals surface area contributed by atoms with E-state index in [-0.39, 0.29) is 5.91 Å². The molecule has 3 N–H and O–H groups in total. The zero-order valence-corrected chi connectivity index (χ0v) is 7.94. The minimum Gasteiger partial charge on any atom is -0.352 e. The van der Waals surface area contributed by atoms with Gasteiger partial charge >= 0.3 is 0 Å². The SMILES string of the molecule is N[C@@H](C(=O)NC1CC1)c1ccccc1. The van der Waals surface area contributed by atoms with Gasteiger partial charge in [0.05, 0.1) is 0 Å². The summed E-state index contributed by atoms with van der Waals surface area (Å²) < 4.78 is 0. The fourth-order valence-electron chi connectivity index (χ4n) is 1.33. The van der Waals surface area contributed by atoms with Crippen molar-refractivity contribution in [1.82, 2.24) is 5.32 Å². The Bertz CT molecular complexity index is 319. The zero-order chi connectivity index (χ0) is 9.97. The van der Waals surface area contributed by atoms with Crippen LogP contribution >= 0.6 is 0 Å². The van der Waals surface area contributed by atoms with Crippen LogP contribution in [0, 0.1) is 0 Å². The van der Waals surface area contributed by atoms with Crippen LogP contribution in [0.4, 0.5) is 0 Å². The molecule has 3 nitrogen and oxygen atoms in total. The van der Waals surface area contributed by atoms with Gasteiger partial charge in [0.2, 0.25) is 5.91 Å². The summed E-state index contributed by atoms with van der Waals surface area (Å²) in [7, 11) is 0. The number of benzene rings is 1. The van der Waals surface area contributed by atoms with Crippen molar-refractivity contribution >= 4 is 5.91 Å². The van der Waals surface area contributed by atoms with Crippen molar-refractivity contribution in [2.75, 3.05) is 0 Å². The van der Waals surface area contributed by atoms with Crippen LogP contribution in [0.2, 0.25) is 0 Å². The molecule has 0 unspecified atom stereocenters. The van der Waals surface area contributed by atoms with Gasteiger partial charge < -0.3 is 11.1 Å². The Morgan fingerprint density at radius 3 is 2.57 bits per heavy atom. The molecule has 0 aliphatic heterocycles. The Morgan fingerprint density at radius 1 is 1.36 bits per heavy atom. The lowest BCUT2D eigenvalue weighted by Crippen LogP contribution is -2.35. The molecule has 0 heterocycles. The van der Waals surface area contributed by atoms with E-state index in [2.05, 4.69) is 5.32 Å². The first-order valence-corrected chi connectivity index (χ1v) is 4.88. The normalized spacial score (nSPS) is 17.5. The molecule has 0 saturated heterocycles. The first-order valence-electron chi connectivity index (χ1n) is 4.88. The van der Waals surface area contributed by atoms with Crippen LogP contribution in [-0.2, 0) is 4.79 Å². The van der Waals surface area contributed by atoms with E-state index < -0.39 is 6.04 Å². The molecule has 0 aromatic heterocycles. The number of nitrogens with two attached hydrogens (primary N) is 1. The quantitative estimate of drug-likeness (QED) is 0.746. The highest BCUT2D eigenvalue weighted by molar-refractivity contribution is 5.83. The van der Waals surface area contributed by atoms with Crippen LogP contribution in [0.3, 0.4) is 0 Å². The first kappa shape index (κ1) is 9.21. The molecule has 1 atom stereocenters. The number of carbonyl (C=O) groups is 1. The van der Waals surface area contributed by atoms with E-state index in [0.717, 1.165) is 18.4 Å². The average molecular weight is 190 g/mol. The van der Waals surface area contributed by atoms with Crippen LogP contribution < -0.4 is 11.1 Å². The molecule has 1 saturated carbocycles. The van der Waals surface area contributed by atoms with E-state index in [0.29, 0.717) is 6.04 Å². The number of rotatable bonds is 3. The van der Waals surface area contributed by atoms with E-state index in [4.69, 9.17) is 5.73 Å². The van der Waals surface area contributed by atoms with E-state index in [9.17, 15) is 4.79 Å². The molecular weight excluding hydrogens is 176 g/mol. The lowest BCUT2D eigenvalue weighted by atomic mass is 10.1. The molecule has 1 aromatic rings. The van der Waals surface area contributed by atoms with Crippen LogP contribution in [-0.4, -0.2) is 11.9 Å². The summed E-state index contributed by atoms with van der Waals surface area (Å²) in [5.74, 6) is -0.0706. The molecule has 0 spiro atoms. The molecule has 1 aliphatic rings. The maximum Gasteiger partial charge on any atom is 0.241 e. The van der Waals surface area contributed by atoms with Crippen LogP contribution in [0.15, 0.2) is 30.3 Å². The minimum atomic E-state index is -0.531. The molecule has 2 rings (SSSR count). The molecule has 14 heavy (non-hydrogen) atoms. The highest BCUT2D eigenvalue weighted by atomic mass is 16.2. The number of hydrogen-bond donors (Lipinski definition) is 2. The van der Waals surface area contributed by atoms with Crippen molar-refractivity contribution in [3.8, 4) is 0 Å². The summed E-state index contributed by atoms with van der Waals surface area (Å²) in [6.45, 7) is 0. The lowest BCUT2D eigenvalue weighted by Gasteiger charge is -2.11. The van der Waals surface area contributed by atoms with Gasteiger partial charge in [-0.2, -0.15) is 0 Å². The van der Waals surface area contributed by atoms with Gasteiger partial charge in [-0.25, -0.2) is 0 Å². The average Bonchev–Trinajstić information content (AvgIpc) is 3.02. The van der Waals surface area contributed by atoms with Gasteiger partial charge in [-0.1, -0.05) is 30.3 Å². The molecule has 74 valence electrons. The summed E-state index contributed by atoms with van der Waals surface area (Å²) in [5.41, 5.74) is 6.67. The highest BCUT2D eigenvalue weighted by Gasteiger charge is 2.26. The van der Waals surface area contributed by atoms with E-state index >= 15 is 0 Å². The molecule has 3 heteroatoms. The Balaban J connectivity index is 1.99. The molecule has 1 aliphatic carbocycles. The third kappa shape index (κ3) is 2.12. The maximum atomic E-state index is 11.6. The third-order valence-electron chi connectivity index (χ3n) is 2.36. The number of carbonyl (C=O) groups excluding carboxylic acids is 1. The molecular formula is C11H14N2O. The second kappa shape index (κ2) is 3.80. The Hall–Kier alpha value is -1.35. The van der Waals surface area contributed by atoms with Gasteiger partial charge in [-0.05, 0) is 18.4 Å². The van der Waals surface area contributed by atoms with Crippen molar-refractivity contribution in [2.24, 2.45) is 5.73 Å². The van der Waals surface area contributed by atoms with E-state index in [1.165, 1.54) is 0 Å². The second-order valence-electron chi connectivity index (χ2n) is 3.67. The van der Waals surface area contributed by atoms with Crippen molar-refractivity contribution in [3.63, 3.8) is 0 Å². The molecule has 0 radical (unpaired) electrons. The summed E-state index contributed by atoms with van der Waals surface area (Å²) in [5, 5.41) is 2.89. The fourth-order valence-corrected chi connectivity index (χ4v) is 1.33. The predicted molar refractivity (Wildman–Crippen MR) is 54.5 cm³/mol. The number of amides is 1. The number of nitrogens with one attached hydrogen (secondary N) is 1. The van der Waals surface area contributed by atoms with Gasteiger partial charge in [0, 0.05) is 6.04 Å². The first-order chi connectivity index (χ1) is 6.77. The van der Waals surface area contributed by atoms with Crippen molar-refractivity contribution in [3.05, 3.63) is 35.9 Å². The molecule has 1 aromatic carbocycles. The second-order valence-corrected chi connectivity index (χ2v) is 3.67. The summed E-state index contributed by atoms with van der Waals surface area (Å²) in [6.07, 6.45) is 2.18. The molecule has 0 bridgehead atoms. The minimum absolute atomic E-state index is 0.0706. The summed E-state index contributed by atoms with van der Waals surface area (Å²) in [6, 6.07) is 9.27. The molecule has 1 fully saturated rings. The van der Waals surface area contributed by atoms with E-state index in [1.807, 2.05) is 30.3 Å². The van der Waals surface area contributed by atoms with Gasteiger partial charge in [0.25, 0.3) is 0 Å². The largest absolute Gasteiger partial charge is 0.352 e. The van der Waals surface area contributed by atoms with E-state index in [1.54, 1.807) is 0 Å². The van der Waals surface area contributed by atoms with Crippen molar-refractivity contribution in [1.29, 1.82) is 0 Å². The number of hydrogen-bond acceptors (Lipinski definition) is 2. The van der Waals surface area contributed by atoms with Crippen molar-refractivity contribution in [2.45, 2.75) is 24.9 Å². The monoisotopic (exact) mass is 190 g/mol. The third-order valence-corrected chi connectivity index (χ3v) is 2.36. The van der Waals surface area contributed by atoms with Crippen LogP contribution in [0.1, 0.15) is 24.4 Å². The predicted octanol–water partition coefficient (Wildman–Crippen LogP) is 0.965. The van der Waals surface area contributed by atoms with Gasteiger partial charge in [0.15, 0.2) is 0 Å². The summed E-state index contributed by atoms with van der Waals surface area (Å²) >= 11 is 0. The fraction of sp³-hybridized carbons (Fsp3) is 0.364. The zero-order valence-electron chi connectivity index (χ0n) is 7.94. The maximum absolute atomic E-state index is 11.6. The van der Waals surface area contributed by atoms with Gasteiger partial charge in [-0.15, -0.1) is 0 Å². The smallest absolute Gasteiger partial charge is 0.241 e. The van der Waals surface area contributed by atoms with Crippen molar-refractivity contribution < 1.29 is 4.79 Å². The Labute approximate surface area is 83.3 Å². The lowest BCUT2D eigenvalue weighted by molar-refractivity contribution is -0.122. The Kier molecular flexibility index (Phi) is 2.50. The van der Waals surface area contributed by atoms with Crippen LogP contribution in [0.25, 0.3) is 0 Å².